The summed E-state index contributed by atoms with van der Waals surface area (Å²) in [5.74, 6) is -0.408. The highest BCUT2D eigenvalue weighted by Crippen LogP contribution is 2.37. The molecule has 2 N–H and O–H groups in total. The molecule has 0 atom stereocenters. The minimum absolute atomic E-state index is 0.373. The molecule has 34 heavy (non-hydrogen) atoms. The molecule has 2 aromatic heterocycles. The summed E-state index contributed by atoms with van der Waals surface area (Å²) in [5.41, 5.74) is 3.05. The van der Waals surface area contributed by atoms with Gasteiger partial charge >= 0.3 is 12.0 Å². The van der Waals surface area contributed by atoms with Gasteiger partial charge in [0, 0.05) is 67.2 Å². The second kappa shape index (κ2) is 9.84. The molecule has 10 nitrogen and oxygen atoms in total. The standard InChI is InChI=1S/C24H26N6O4/c1-15-18-14-30(13-11-25-9-10-26-24(32)29(2)28-33)12-8-16(18)21(23(31)34-3)22-20(15)17-6-4-5-7-19(17)27-22/h4-8,12,14,25H,9-11,13H2,1-3H3,(H,26,32). The molecule has 10 heteroatoms. The van der Waals surface area contributed by atoms with E-state index in [2.05, 4.69) is 27.4 Å². The molecule has 0 aliphatic rings. The number of methoxy groups -OCH3 is 1. The molecule has 0 unspecified atom stereocenters. The Morgan fingerprint density at radius 2 is 1.91 bits per heavy atom. The lowest BCUT2D eigenvalue weighted by molar-refractivity contribution is 0.0605. The van der Waals surface area contributed by atoms with Crippen LogP contribution in [0.4, 0.5) is 4.79 Å². The lowest BCUT2D eigenvalue weighted by Gasteiger charge is -2.14. The number of carbonyl (C=O) groups is 2. The average Bonchev–Trinajstić information content (AvgIpc) is 3.24. The third-order valence-electron chi connectivity index (χ3n) is 5.88. The van der Waals surface area contributed by atoms with Gasteiger partial charge in [-0.05, 0) is 24.6 Å². The van der Waals surface area contributed by atoms with Gasteiger partial charge in [-0.25, -0.2) is 14.6 Å². The molecule has 0 aliphatic heterocycles. The fraction of sp³-hybridized carbons (Fsp3) is 0.292. The summed E-state index contributed by atoms with van der Waals surface area (Å²) in [4.78, 5) is 39.3. The molecule has 0 fully saturated rings. The van der Waals surface area contributed by atoms with Gasteiger partial charge in [0.2, 0.25) is 0 Å². The van der Waals surface area contributed by atoms with E-state index < -0.39 is 12.0 Å². The fourth-order valence-corrected chi connectivity index (χ4v) is 4.15. The van der Waals surface area contributed by atoms with Gasteiger partial charge in [0.05, 0.1) is 29.0 Å². The molecule has 2 aromatic carbocycles. The van der Waals surface area contributed by atoms with Gasteiger partial charge in [-0.3, -0.25) is 0 Å². The number of nitroso groups, excluding NO2 is 1. The first kappa shape index (κ1) is 23.1. The second-order valence-electron chi connectivity index (χ2n) is 7.94. The van der Waals surface area contributed by atoms with Crippen LogP contribution in [0.2, 0.25) is 0 Å². The number of hydrogen-bond donors (Lipinski definition) is 2. The van der Waals surface area contributed by atoms with E-state index in [4.69, 9.17) is 9.72 Å². The van der Waals surface area contributed by atoms with Crippen LogP contribution in [0.3, 0.4) is 0 Å². The van der Waals surface area contributed by atoms with Gasteiger partial charge in [-0.2, -0.15) is 5.01 Å². The van der Waals surface area contributed by atoms with Crippen molar-refractivity contribution in [3.8, 4) is 0 Å². The SMILES string of the molecule is COC(=O)c1c2ccn(CCNCCNC(=O)N(C)N=O)cc2c(C)c2c1nc1ccccc12. The molecular formula is C24H26N6O4. The van der Waals surface area contributed by atoms with Gasteiger partial charge in [-0.15, -0.1) is 4.91 Å². The van der Waals surface area contributed by atoms with E-state index >= 15 is 0 Å². The Kier molecular flexibility index (Phi) is 6.69. The Morgan fingerprint density at radius 1 is 1.12 bits per heavy atom. The topological polar surface area (TPSA) is 118 Å². The van der Waals surface area contributed by atoms with Crippen LogP contribution in [0.1, 0.15) is 15.9 Å². The maximum absolute atomic E-state index is 12.8. The van der Waals surface area contributed by atoms with Crippen LogP contribution in [0.5, 0.6) is 0 Å². The van der Waals surface area contributed by atoms with Crippen LogP contribution in [0, 0.1) is 11.8 Å². The quantitative estimate of drug-likeness (QED) is 0.179. The molecular weight excluding hydrogens is 436 g/mol. The molecule has 0 radical (unpaired) electrons. The molecule has 0 spiro atoms. The van der Waals surface area contributed by atoms with Crippen LogP contribution >= 0.6 is 0 Å². The number of benzene rings is 2. The summed E-state index contributed by atoms with van der Waals surface area (Å²) >= 11 is 0. The van der Waals surface area contributed by atoms with E-state index in [-0.39, 0.29) is 0 Å². The van der Waals surface area contributed by atoms with Crippen LogP contribution in [-0.4, -0.2) is 60.4 Å². The summed E-state index contributed by atoms with van der Waals surface area (Å²) < 4.78 is 7.16. The number of esters is 1. The van der Waals surface area contributed by atoms with Crippen LogP contribution in [0.15, 0.2) is 48.0 Å². The van der Waals surface area contributed by atoms with Crippen molar-refractivity contribution in [1.82, 2.24) is 25.2 Å². The largest absolute Gasteiger partial charge is 0.465 e. The molecule has 0 saturated heterocycles. The molecule has 2 heterocycles. The lowest BCUT2D eigenvalue weighted by atomic mass is 9.96. The molecule has 176 valence electrons. The molecule has 0 bridgehead atoms. The van der Waals surface area contributed by atoms with E-state index in [1.807, 2.05) is 42.7 Å². The summed E-state index contributed by atoms with van der Waals surface area (Å²) in [6.45, 7) is 4.32. The van der Waals surface area contributed by atoms with E-state index in [1.54, 1.807) is 0 Å². The predicted molar refractivity (Wildman–Crippen MR) is 131 cm³/mol. The van der Waals surface area contributed by atoms with E-state index in [1.165, 1.54) is 14.2 Å². The van der Waals surface area contributed by atoms with Gasteiger partial charge < -0.3 is 19.9 Å². The fourth-order valence-electron chi connectivity index (χ4n) is 4.15. The number of nitrogens with zero attached hydrogens (tertiary/aromatic N) is 4. The smallest absolute Gasteiger partial charge is 0.340 e. The summed E-state index contributed by atoms with van der Waals surface area (Å²) in [6.07, 6.45) is 3.96. The first-order chi connectivity index (χ1) is 16.5. The number of para-hydroxylation sites is 1. The highest BCUT2D eigenvalue weighted by molar-refractivity contribution is 6.23. The molecule has 0 saturated carbocycles. The minimum Gasteiger partial charge on any atom is -0.465 e. The zero-order valence-electron chi connectivity index (χ0n) is 19.3. The number of rotatable bonds is 8. The van der Waals surface area contributed by atoms with Gasteiger partial charge in [0.15, 0.2) is 0 Å². The van der Waals surface area contributed by atoms with Crippen molar-refractivity contribution in [1.29, 1.82) is 0 Å². The van der Waals surface area contributed by atoms with Crippen LogP contribution < -0.4 is 10.6 Å². The molecule has 0 aliphatic carbocycles. The Morgan fingerprint density at radius 3 is 2.68 bits per heavy atom. The van der Waals surface area contributed by atoms with Crippen molar-refractivity contribution >= 4 is 44.6 Å². The monoisotopic (exact) mass is 462 g/mol. The van der Waals surface area contributed by atoms with E-state index in [9.17, 15) is 14.5 Å². The predicted octanol–water partition coefficient (Wildman–Crippen LogP) is 3.35. The average molecular weight is 463 g/mol. The van der Waals surface area contributed by atoms with Crippen molar-refractivity contribution in [2.75, 3.05) is 33.8 Å². The lowest BCUT2D eigenvalue weighted by Crippen LogP contribution is -2.38. The Labute approximate surface area is 195 Å². The van der Waals surface area contributed by atoms with Gasteiger partial charge in [0.25, 0.3) is 0 Å². The number of amides is 2. The maximum Gasteiger partial charge on any atom is 0.340 e. The number of fused-ring (bicyclic) bond motifs is 4. The van der Waals surface area contributed by atoms with Crippen molar-refractivity contribution in [2.45, 2.75) is 13.5 Å². The van der Waals surface area contributed by atoms with Crippen molar-refractivity contribution in [3.05, 3.63) is 58.8 Å². The third-order valence-corrected chi connectivity index (χ3v) is 5.88. The van der Waals surface area contributed by atoms with Crippen molar-refractivity contribution in [2.24, 2.45) is 5.29 Å². The highest BCUT2D eigenvalue weighted by Gasteiger charge is 2.22. The number of nitrogens with one attached hydrogen (secondary N) is 2. The Hall–Kier alpha value is -4.05. The Bertz CT molecular complexity index is 1400. The normalized spacial score (nSPS) is 11.1. The van der Waals surface area contributed by atoms with Crippen LogP contribution in [-0.2, 0) is 11.3 Å². The summed E-state index contributed by atoms with van der Waals surface area (Å²) in [6, 6.07) is 9.26. The first-order valence-electron chi connectivity index (χ1n) is 10.9. The number of aromatic nitrogens is 2. The zero-order valence-corrected chi connectivity index (χ0v) is 19.3. The number of hydrogen-bond acceptors (Lipinski definition) is 7. The maximum atomic E-state index is 12.8. The highest BCUT2D eigenvalue weighted by atomic mass is 16.5. The third kappa shape index (κ3) is 4.27. The van der Waals surface area contributed by atoms with Crippen molar-refractivity contribution < 1.29 is 14.3 Å². The van der Waals surface area contributed by atoms with Gasteiger partial charge in [0.1, 0.15) is 0 Å². The van der Waals surface area contributed by atoms with E-state index in [0.29, 0.717) is 42.3 Å². The number of pyridine rings is 1. The number of carbonyl (C=O) groups excluding carboxylic acids is 2. The molecule has 2 amide bonds. The van der Waals surface area contributed by atoms with Gasteiger partial charge in [-0.1, -0.05) is 18.2 Å². The number of urea groups is 1. The summed E-state index contributed by atoms with van der Waals surface area (Å²) in [7, 11) is 2.68. The second-order valence-corrected chi connectivity index (χ2v) is 7.94. The van der Waals surface area contributed by atoms with Crippen molar-refractivity contribution in [3.63, 3.8) is 0 Å². The number of ether oxygens (including phenoxy) is 1. The molecule has 4 aromatic rings. The van der Waals surface area contributed by atoms with Crippen LogP contribution in [0.25, 0.3) is 32.6 Å². The zero-order chi connectivity index (χ0) is 24.2. The Balaban J connectivity index is 1.58. The minimum atomic E-state index is -0.543. The van der Waals surface area contributed by atoms with E-state index in [0.717, 1.165) is 32.6 Å². The first-order valence-corrected chi connectivity index (χ1v) is 10.9. The molecule has 4 rings (SSSR count). The summed E-state index contributed by atoms with van der Waals surface area (Å²) in [5, 5.41) is 12.8. The number of aryl methyl sites for hydroxylation is 1.